The number of aliphatic carboxylic acids is 1. The number of nitrogens with zero attached hydrogens (tertiary/aromatic N) is 2. The lowest BCUT2D eigenvalue weighted by Crippen LogP contribution is -2.18. The van der Waals surface area contributed by atoms with Gasteiger partial charge in [-0.2, -0.15) is 5.26 Å². The van der Waals surface area contributed by atoms with Crippen molar-refractivity contribution in [3.8, 4) is 58.3 Å². The van der Waals surface area contributed by atoms with Crippen molar-refractivity contribution in [1.82, 2.24) is 0 Å². The van der Waals surface area contributed by atoms with Crippen LogP contribution in [0.25, 0.3) is 58.3 Å². The average molecular weight is 987 g/mol. The lowest BCUT2D eigenvalue weighted by Gasteiger charge is -2.30. The molecule has 0 radical (unpaired) electrons. The lowest BCUT2D eigenvalue weighted by molar-refractivity contribution is -0.132. The van der Waals surface area contributed by atoms with Crippen LogP contribution in [0.15, 0.2) is 139 Å². The van der Waals surface area contributed by atoms with E-state index >= 15 is 0 Å². The maximum atomic E-state index is 11.8. The minimum atomic E-state index is -1.19. The summed E-state index contributed by atoms with van der Waals surface area (Å²) >= 11 is 5.32. The maximum Gasteiger partial charge on any atom is 0.346 e. The molecule has 0 saturated carbocycles. The first-order valence-electron chi connectivity index (χ1n) is 25.5. The molecule has 7 heteroatoms. The van der Waals surface area contributed by atoms with E-state index in [2.05, 4.69) is 180 Å². The molecule has 71 heavy (non-hydrogen) atoms. The van der Waals surface area contributed by atoms with Crippen molar-refractivity contribution in [2.75, 3.05) is 4.90 Å². The second kappa shape index (κ2) is 20.1. The third-order valence-electron chi connectivity index (χ3n) is 15.0. The van der Waals surface area contributed by atoms with Gasteiger partial charge >= 0.3 is 5.97 Å². The fourth-order valence-electron chi connectivity index (χ4n) is 11.1. The molecule has 2 aliphatic carbocycles. The van der Waals surface area contributed by atoms with Gasteiger partial charge in [-0.3, -0.25) is 0 Å². The van der Waals surface area contributed by atoms with Crippen LogP contribution in [0.5, 0.6) is 0 Å². The summed E-state index contributed by atoms with van der Waals surface area (Å²) in [5.74, 6) is -1.19. The highest BCUT2D eigenvalue weighted by Gasteiger charge is 2.38. The quantitative estimate of drug-likeness (QED) is 0.0529. The van der Waals surface area contributed by atoms with Gasteiger partial charge in [-0.1, -0.05) is 153 Å². The summed E-state index contributed by atoms with van der Waals surface area (Å²) in [5.41, 5.74) is 17.5. The Kier molecular flexibility index (Phi) is 13.7. The molecule has 0 bridgehead atoms. The third-order valence-corrected chi connectivity index (χ3v) is 18.8. The molecule has 0 fully saturated rings. The zero-order valence-electron chi connectivity index (χ0n) is 41.8. The molecule has 0 saturated heterocycles. The molecule has 0 atom stereocenters. The van der Waals surface area contributed by atoms with Crippen molar-refractivity contribution in [2.24, 2.45) is 0 Å². The normalized spacial score (nSPS) is 13.9. The van der Waals surface area contributed by atoms with Crippen molar-refractivity contribution in [3.63, 3.8) is 0 Å². The number of hydrogen-bond donors (Lipinski definition) is 1. The molecule has 0 spiro atoms. The predicted molar refractivity (Wildman–Crippen MR) is 303 cm³/mol. The van der Waals surface area contributed by atoms with E-state index < -0.39 is 5.97 Å². The zero-order valence-corrected chi connectivity index (χ0v) is 44.3. The summed E-state index contributed by atoms with van der Waals surface area (Å²) in [6.45, 7) is 13.9. The first-order valence-corrected chi connectivity index (χ1v) is 28.0. The smallest absolute Gasteiger partial charge is 0.346 e. The molecule has 4 nitrogen and oxygen atoms in total. The van der Waals surface area contributed by atoms with Crippen LogP contribution in [-0.4, -0.2) is 11.1 Å². The Labute approximate surface area is 432 Å². The summed E-state index contributed by atoms with van der Waals surface area (Å²) in [6, 6.07) is 52.1. The highest BCUT2D eigenvalue weighted by molar-refractivity contribution is 7.27. The van der Waals surface area contributed by atoms with E-state index in [1.807, 2.05) is 28.7 Å². The Morgan fingerprint density at radius 2 is 1.04 bits per heavy atom. The van der Waals surface area contributed by atoms with Crippen LogP contribution in [0.2, 0.25) is 0 Å². The van der Waals surface area contributed by atoms with Gasteiger partial charge in [0.1, 0.15) is 11.6 Å². The van der Waals surface area contributed by atoms with Gasteiger partial charge in [0.15, 0.2) is 0 Å². The van der Waals surface area contributed by atoms with Gasteiger partial charge in [-0.15, -0.1) is 34.0 Å². The van der Waals surface area contributed by atoms with Crippen LogP contribution < -0.4 is 4.90 Å². The summed E-state index contributed by atoms with van der Waals surface area (Å²) in [5, 5.41) is 19.2. The van der Waals surface area contributed by atoms with Crippen LogP contribution in [0.1, 0.15) is 131 Å². The van der Waals surface area contributed by atoms with E-state index in [-0.39, 0.29) is 16.4 Å². The molecule has 2 aliphatic rings. The number of carboxylic acids is 1. The highest BCUT2D eigenvalue weighted by atomic mass is 32.1. The van der Waals surface area contributed by atoms with Crippen molar-refractivity contribution in [1.29, 1.82) is 5.26 Å². The number of unbranched alkanes of at least 4 members (excludes halogenated alkanes) is 6. The van der Waals surface area contributed by atoms with Crippen LogP contribution in [0.3, 0.4) is 0 Å². The molecule has 0 amide bonds. The summed E-state index contributed by atoms with van der Waals surface area (Å²) in [6.07, 6.45) is 12.9. The van der Waals surface area contributed by atoms with Gasteiger partial charge < -0.3 is 10.0 Å². The van der Waals surface area contributed by atoms with Gasteiger partial charge in [-0.05, 0) is 154 Å². The molecule has 8 aromatic rings. The topological polar surface area (TPSA) is 64.3 Å². The molecule has 3 heterocycles. The minimum absolute atomic E-state index is 0.127. The molecule has 1 N–H and O–H groups in total. The number of aryl methyl sites for hydroxylation is 2. The second-order valence-electron chi connectivity index (χ2n) is 20.4. The molecule has 3 aromatic heterocycles. The van der Waals surface area contributed by atoms with Crippen LogP contribution in [0, 0.1) is 11.3 Å². The number of carbonyl (C=O) groups is 1. The summed E-state index contributed by atoms with van der Waals surface area (Å²) in [4.78, 5) is 21.3. The largest absolute Gasteiger partial charge is 0.477 e. The van der Waals surface area contributed by atoms with Gasteiger partial charge in [-0.25, -0.2) is 4.79 Å². The van der Waals surface area contributed by atoms with E-state index in [4.69, 9.17) is 0 Å². The second-order valence-corrected chi connectivity index (χ2v) is 23.6. The van der Waals surface area contributed by atoms with Gasteiger partial charge in [0.05, 0.1) is 0 Å². The Bertz CT molecular complexity index is 3240. The fraction of sp³-hybridized carbons (Fsp3) is 0.281. The molecular formula is C64H62N2O2S3. The maximum absolute atomic E-state index is 11.8. The Balaban J connectivity index is 1.02. The number of carboxylic acid groups (broad SMARTS) is 1. The lowest BCUT2D eigenvalue weighted by atomic mass is 9.82. The van der Waals surface area contributed by atoms with Crippen LogP contribution >= 0.6 is 34.0 Å². The molecule has 5 aromatic carbocycles. The van der Waals surface area contributed by atoms with Crippen LogP contribution in [-0.2, 0) is 28.5 Å². The minimum Gasteiger partial charge on any atom is -0.477 e. The molecular weight excluding hydrogens is 925 g/mol. The van der Waals surface area contributed by atoms with Crippen molar-refractivity contribution in [2.45, 2.75) is 117 Å². The van der Waals surface area contributed by atoms with Crippen molar-refractivity contribution in [3.05, 3.63) is 177 Å². The summed E-state index contributed by atoms with van der Waals surface area (Å²) in [7, 11) is 0. The number of benzene rings is 5. The van der Waals surface area contributed by atoms with Crippen molar-refractivity contribution < 1.29 is 9.90 Å². The Morgan fingerprint density at radius 3 is 1.56 bits per heavy atom. The van der Waals surface area contributed by atoms with Crippen LogP contribution in [0.4, 0.5) is 17.1 Å². The fourth-order valence-corrected chi connectivity index (χ4v) is 14.8. The van der Waals surface area contributed by atoms with E-state index in [1.165, 1.54) is 124 Å². The van der Waals surface area contributed by atoms with Gasteiger partial charge in [0.2, 0.25) is 0 Å². The van der Waals surface area contributed by atoms with E-state index in [0.29, 0.717) is 0 Å². The van der Waals surface area contributed by atoms with Gasteiger partial charge in [0, 0.05) is 57.2 Å². The number of thiophene rings is 3. The molecule has 358 valence electrons. The van der Waals surface area contributed by atoms with E-state index in [9.17, 15) is 15.2 Å². The predicted octanol–water partition coefficient (Wildman–Crippen LogP) is 19.2. The Hall–Kier alpha value is -6.30. The monoisotopic (exact) mass is 986 g/mol. The van der Waals surface area contributed by atoms with Gasteiger partial charge in [0.25, 0.3) is 0 Å². The molecule has 10 rings (SSSR count). The molecule has 0 aliphatic heterocycles. The number of rotatable bonds is 18. The van der Waals surface area contributed by atoms with E-state index in [1.54, 1.807) is 11.3 Å². The first kappa shape index (κ1) is 48.3. The highest BCUT2D eigenvalue weighted by Crippen LogP contribution is 2.54. The van der Waals surface area contributed by atoms with E-state index in [0.717, 1.165) is 54.0 Å². The standard InChI is InChI=1S/C64H62N2O2S3/c1-7-9-11-13-19-42-35-48(36-44(40-65)62(67)68)69-60(42)57-33-34-58(70-57)61-43(20-14-12-10-8-2)37-59(71-61)41-25-27-45(28-26-41)66(46-29-31-51-49-21-15-17-23-53(49)63(3,4)55(51)38-46)47-30-32-52-50-22-16-18-24-54(50)64(5,6)56(52)39-47/h15-18,21-39H,7-14,19-20H2,1-6H3,(H,67,68)/b44-36-. The number of nitriles is 1. The average Bonchev–Trinajstić information content (AvgIpc) is 4.21. The SMILES string of the molecule is CCCCCCc1cc(/C=C(/C#N)C(=O)O)sc1-c1ccc(-c2sc(-c3ccc(N(c4ccc5c(c4)C(C)(C)c4ccccc4-5)c4ccc5c(c4)C(C)(C)c4ccccc4-5)cc3)cc2CCCCCC)s1. The number of fused-ring (bicyclic) bond motifs is 6. The van der Waals surface area contributed by atoms with Crippen molar-refractivity contribution >= 4 is 63.1 Å². The summed E-state index contributed by atoms with van der Waals surface area (Å²) < 4.78 is 0. The third kappa shape index (κ3) is 9.16. The zero-order chi connectivity index (χ0) is 49.4. The molecule has 0 unspecified atom stereocenters. The number of hydrogen-bond acceptors (Lipinski definition) is 6. The first-order chi connectivity index (χ1) is 34.4. The Morgan fingerprint density at radius 1 is 0.549 bits per heavy atom. The number of anilines is 3.